The molecule has 1 saturated carbocycles. The summed E-state index contributed by atoms with van der Waals surface area (Å²) in [4.78, 5) is 0. The molecule has 0 saturated heterocycles. The number of terminal acetylenes is 1. The van der Waals surface area contributed by atoms with Crippen molar-refractivity contribution < 1.29 is 8.78 Å². The van der Waals surface area contributed by atoms with Gasteiger partial charge in [-0.3, -0.25) is 0 Å². The second-order valence-electron chi connectivity index (χ2n) is 3.44. The molecule has 1 aliphatic carbocycles. The molecule has 1 fully saturated rings. The zero-order valence-electron chi connectivity index (χ0n) is 7.28. The van der Waals surface area contributed by atoms with Gasteiger partial charge in [0.2, 0.25) is 0 Å². The number of hydrogen-bond donors (Lipinski definition) is 0. The Labute approximate surface area is 85.9 Å². The van der Waals surface area contributed by atoms with Crippen LogP contribution in [-0.2, 0) is 5.41 Å². The minimum absolute atomic E-state index is 0.140. The normalized spacial score (nSPS) is 17.6. The lowest BCUT2D eigenvalue weighted by Gasteiger charge is -2.11. The Bertz CT molecular complexity index is 428. The maximum atomic E-state index is 13.4. The van der Waals surface area contributed by atoms with Crippen LogP contribution in [-0.4, -0.2) is 0 Å². The summed E-state index contributed by atoms with van der Waals surface area (Å²) in [7, 11) is 0. The summed E-state index contributed by atoms with van der Waals surface area (Å²) in [6, 6.07) is 2.07. The molecule has 1 aromatic carbocycles. The molecular formula is C11H7ClF2. The van der Waals surface area contributed by atoms with Crippen LogP contribution in [0.25, 0.3) is 0 Å². The SMILES string of the molecule is C#CC1(c2c(F)ccc(F)c2Cl)CC1. The summed E-state index contributed by atoms with van der Waals surface area (Å²) in [5.41, 5.74) is -0.523. The molecule has 0 amide bonds. The highest BCUT2D eigenvalue weighted by atomic mass is 35.5. The monoisotopic (exact) mass is 212 g/mol. The smallest absolute Gasteiger partial charge is 0.142 e. The first kappa shape index (κ1) is 9.48. The van der Waals surface area contributed by atoms with E-state index in [1.807, 2.05) is 0 Å². The Morgan fingerprint density at radius 3 is 2.36 bits per heavy atom. The number of rotatable bonds is 1. The van der Waals surface area contributed by atoms with E-state index >= 15 is 0 Å². The minimum Gasteiger partial charge on any atom is -0.207 e. The molecule has 1 aromatic rings. The van der Waals surface area contributed by atoms with Gasteiger partial charge < -0.3 is 0 Å². The predicted molar refractivity (Wildman–Crippen MR) is 51.1 cm³/mol. The molecular weight excluding hydrogens is 206 g/mol. The van der Waals surface area contributed by atoms with E-state index in [0.717, 1.165) is 12.1 Å². The molecule has 72 valence electrons. The molecule has 0 aliphatic heterocycles. The van der Waals surface area contributed by atoms with Gasteiger partial charge in [0.25, 0.3) is 0 Å². The molecule has 0 aromatic heterocycles. The van der Waals surface area contributed by atoms with Crippen LogP contribution in [0.4, 0.5) is 8.78 Å². The van der Waals surface area contributed by atoms with Crippen LogP contribution in [0.3, 0.4) is 0 Å². The van der Waals surface area contributed by atoms with Crippen molar-refractivity contribution in [2.45, 2.75) is 18.3 Å². The fourth-order valence-electron chi connectivity index (χ4n) is 1.56. The summed E-state index contributed by atoms with van der Waals surface area (Å²) in [6.07, 6.45) is 6.63. The molecule has 0 atom stereocenters. The predicted octanol–water partition coefficient (Wildman–Crippen LogP) is 3.28. The van der Waals surface area contributed by atoms with E-state index < -0.39 is 17.0 Å². The van der Waals surface area contributed by atoms with Crippen molar-refractivity contribution >= 4 is 11.6 Å². The Morgan fingerprint density at radius 1 is 1.29 bits per heavy atom. The van der Waals surface area contributed by atoms with Crippen LogP contribution in [0, 0.1) is 24.0 Å². The van der Waals surface area contributed by atoms with Crippen molar-refractivity contribution in [2.75, 3.05) is 0 Å². The van der Waals surface area contributed by atoms with Gasteiger partial charge in [0.1, 0.15) is 11.6 Å². The van der Waals surface area contributed by atoms with E-state index in [1.54, 1.807) is 0 Å². The third-order valence-corrected chi connectivity index (χ3v) is 2.92. The Hall–Kier alpha value is -1.07. The second kappa shape index (κ2) is 2.96. The Morgan fingerprint density at radius 2 is 1.86 bits per heavy atom. The maximum absolute atomic E-state index is 13.4. The van der Waals surface area contributed by atoms with Crippen molar-refractivity contribution in [1.29, 1.82) is 0 Å². The quantitative estimate of drug-likeness (QED) is 0.495. The lowest BCUT2D eigenvalue weighted by atomic mass is 9.96. The van der Waals surface area contributed by atoms with E-state index in [2.05, 4.69) is 5.92 Å². The number of benzene rings is 1. The van der Waals surface area contributed by atoms with E-state index in [0.29, 0.717) is 12.8 Å². The van der Waals surface area contributed by atoms with Gasteiger partial charge in [0.05, 0.1) is 10.4 Å². The van der Waals surface area contributed by atoms with E-state index in [-0.39, 0.29) is 10.6 Å². The molecule has 1 aliphatic rings. The van der Waals surface area contributed by atoms with Gasteiger partial charge in [-0.15, -0.1) is 6.42 Å². The lowest BCUT2D eigenvalue weighted by Crippen LogP contribution is -2.08. The fourth-order valence-corrected chi connectivity index (χ4v) is 1.89. The lowest BCUT2D eigenvalue weighted by molar-refractivity contribution is 0.577. The summed E-state index contributed by atoms with van der Waals surface area (Å²) in [6.45, 7) is 0. The van der Waals surface area contributed by atoms with Crippen LogP contribution < -0.4 is 0 Å². The highest BCUT2D eigenvalue weighted by Crippen LogP contribution is 2.51. The standard InChI is InChI=1S/C11H7ClF2/c1-2-11(5-6-11)9-7(13)3-4-8(14)10(9)12/h1,3-4H,5-6H2. The molecule has 2 rings (SSSR count). The summed E-state index contributed by atoms with van der Waals surface area (Å²) in [5.74, 6) is 1.34. The van der Waals surface area contributed by atoms with Crippen LogP contribution in [0.2, 0.25) is 5.02 Å². The summed E-state index contributed by atoms with van der Waals surface area (Å²) >= 11 is 5.69. The Balaban J connectivity index is 2.64. The zero-order valence-corrected chi connectivity index (χ0v) is 8.04. The first-order valence-corrected chi connectivity index (χ1v) is 4.60. The number of halogens is 3. The molecule has 0 unspecified atom stereocenters. The fraction of sp³-hybridized carbons (Fsp3) is 0.273. The van der Waals surface area contributed by atoms with Gasteiger partial charge in [-0.25, -0.2) is 8.78 Å². The second-order valence-corrected chi connectivity index (χ2v) is 3.82. The first-order chi connectivity index (χ1) is 6.60. The average molecular weight is 213 g/mol. The molecule has 0 nitrogen and oxygen atoms in total. The minimum atomic E-state index is -0.663. The summed E-state index contributed by atoms with van der Waals surface area (Å²) < 4.78 is 26.5. The molecule has 0 heterocycles. The first-order valence-electron chi connectivity index (χ1n) is 4.22. The Kier molecular flexibility index (Phi) is 2.01. The van der Waals surface area contributed by atoms with Gasteiger partial charge in [-0.2, -0.15) is 0 Å². The van der Waals surface area contributed by atoms with Crippen molar-refractivity contribution in [3.8, 4) is 12.3 Å². The van der Waals surface area contributed by atoms with Gasteiger partial charge in [0.15, 0.2) is 0 Å². The van der Waals surface area contributed by atoms with E-state index in [4.69, 9.17) is 18.0 Å². The third kappa shape index (κ3) is 1.20. The van der Waals surface area contributed by atoms with E-state index in [1.165, 1.54) is 0 Å². The van der Waals surface area contributed by atoms with Gasteiger partial charge >= 0.3 is 0 Å². The largest absolute Gasteiger partial charge is 0.207 e. The average Bonchev–Trinajstić information content (AvgIpc) is 2.93. The van der Waals surface area contributed by atoms with Gasteiger partial charge in [-0.1, -0.05) is 17.5 Å². The molecule has 0 radical (unpaired) electrons. The third-order valence-electron chi connectivity index (χ3n) is 2.55. The van der Waals surface area contributed by atoms with Gasteiger partial charge in [0, 0.05) is 5.56 Å². The van der Waals surface area contributed by atoms with Crippen LogP contribution in [0.1, 0.15) is 18.4 Å². The molecule has 0 spiro atoms. The van der Waals surface area contributed by atoms with Crippen molar-refractivity contribution in [3.63, 3.8) is 0 Å². The zero-order chi connectivity index (χ0) is 10.3. The van der Waals surface area contributed by atoms with Crippen LogP contribution in [0.5, 0.6) is 0 Å². The topological polar surface area (TPSA) is 0 Å². The highest BCUT2D eigenvalue weighted by molar-refractivity contribution is 6.31. The van der Waals surface area contributed by atoms with E-state index in [9.17, 15) is 8.78 Å². The summed E-state index contributed by atoms with van der Waals surface area (Å²) in [5, 5.41) is -0.180. The van der Waals surface area contributed by atoms with Crippen molar-refractivity contribution in [1.82, 2.24) is 0 Å². The number of hydrogen-bond acceptors (Lipinski definition) is 0. The highest BCUT2D eigenvalue weighted by Gasteiger charge is 2.46. The van der Waals surface area contributed by atoms with Crippen molar-refractivity contribution in [3.05, 3.63) is 34.4 Å². The molecule has 0 bridgehead atoms. The van der Waals surface area contributed by atoms with Crippen LogP contribution >= 0.6 is 11.6 Å². The maximum Gasteiger partial charge on any atom is 0.142 e. The van der Waals surface area contributed by atoms with Crippen molar-refractivity contribution in [2.24, 2.45) is 0 Å². The molecule has 3 heteroatoms. The van der Waals surface area contributed by atoms with Gasteiger partial charge in [-0.05, 0) is 25.0 Å². The molecule has 14 heavy (non-hydrogen) atoms. The molecule has 0 N–H and O–H groups in total. The van der Waals surface area contributed by atoms with Crippen LogP contribution in [0.15, 0.2) is 12.1 Å².